The van der Waals surface area contributed by atoms with Gasteiger partial charge in [0.2, 0.25) is 15.9 Å². The predicted molar refractivity (Wildman–Crippen MR) is 106 cm³/mol. The molecule has 2 aromatic carbocycles. The fourth-order valence-electron chi connectivity index (χ4n) is 3.33. The van der Waals surface area contributed by atoms with Crippen molar-refractivity contribution in [3.05, 3.63) is 60.2 Å². The van der Waals surface area contributed by atoms with Gasteiger partial charge in [-0.25, -0.2) is 17.2 Å². The molecular formula is C20H23F2N3O3S. The summed E-state index contributed by atoms with van der Waals surface area (Å²) in [5.41, 5.74) is 0.781. The van der Waals surface area contributed by atoms with Crippen LogP contribution in [0.5, 0.6) is 0 Å². The van der Waals surface area contributed by atoms with Crippen molar-refractivity contribution >= 4 is 21.6 Å². The van der Waals surface area contributed by atoms with Crippen molar-refractivity contribution in [2.24, 2.45) is 0 Å². The molecule has 0 spiro atoms. The third-order valence-corrected chi connectivity index (χ3v) is 7.08. The van der Waals surface area contributed by atoms with E-state index in [2.05, 4.69) is 0 Å². The molecule has 9 heteroatoms. The highest BCUT2D eigenvalue weighted by Gasteiger charge is 2.33. The van der Waals surface area contributed by atoms with E-state index in [1.807, 2.05) is 35.2 Å². The van der Waals surface area contributed by atoms with Gasteiger partial charge in [0.15, 0.2) is 11.6 Å². The molecule has 1 aliphatic heterocycles. The molecule has 0 aliphatic carbocycles. The van der Waals surface area contributed by atoms with Gasteiger partial charge in [0.1, 0.15) is 0 Å². The first-order chi connectivity index (χ1) is 13.7. The van der Waals surface area contributed by atoms with Gasteiger partial charge in [0.25, 0.3) is 0 Å². The number of halogens is 2. The van der Waals surface area contributed by atoms with Crippen LogP contribution in [-0.4, -0.2) is 62.8 Å². The summed E-state index contributed by atoms with van der Waals surface area (Å²) in [5, 5.41) is 0. The van der Waals surface area contributed by atoms with Crippen LogP contribution < -0.4 is 4.90 Å². The summed E-state index contributed by atoms with van der Waals surface area (Å²) in [6.45, 7) is 2.83. The summed E-state index contributed by atoms with van der Waals surface area (Å²) in [7, 11) is -2.22. The third-order valence-electron chi connectivity index (χ3n) is 5.18. The summed E-state index contributed by atoms with van der Waals surface area (Å²) < 4.78 is 53.2. The molecule has 3 rings (SSSR count). The Kier molecular flexibility index (Phi) is 6.30. The number of benzene rings is 2. The molecule has 0 aromatic heterocycles. The highest BCUT2D eigenvalue weighted by Crippen LogP contribution is 2.21. The fourth-order valence-corrected chi connectivity index (χ4v) is 4.77. The quantitative estimate of drug-likeness (QED) is 0.741. The van der Waals surface area contributed by atoms with Gasteiger partial charge in [0.05, 0.1) is 10.9 Å². The minimum absolute atomic E-state index is 0.0897. The predicted octanol–water partition coefficient (Wildman–Crippen LogP) is 2.32. The fraction of sp³-hybridized carbons (Fsp3) is 0.350. The first-order valence-corrected chi connectivity index (χ1v) is 10.7. The van der Waals surface area contributed by atoms with Gasteiger partial charge in [-0.3, -0.25) is 9.69 Å². The van der Waals surface area contributed by atoms with Gasteiger partial charge in [0, 0.05) is 38.9 Å². The summed E-state index contributed by atoms with van der Waals surface area (Å²) in [6.07, 6.45) is 0. The number of likely N-dealkylation sites (N-methyl/N-ethyl adjacent to an activating group) is 1. The van der Waals surface area contributed by atoms with Gasteiger partial charge < -0.3 is 4.90 Å². The average molecular weight is 423 g/mol. The number of carbonyl (C=O) groups is 1. The average Bonchev–Trinajstić information content (AvgIpc) is 2.74. The smallest absolute Gasteiger partial charge is 0.243 e. The van der Waals surface area contributed by atoms with Crippen molar-refractivity contribution in [2.45, 2.75) is 17.9 Å². The molecular weight excluding hydrogens is 400 g/mol. The Bertz CT molecular complexity index is 978. The molecule has 0 radical (unpaired) electrons. The van der Waals surface area contributed by atoms with Crippen LogP contribution in [-0.2, 0) is 14.8 Å². The van der Waals surface area contributed by atoms with E-state index in [0.29, 0.717) is 19.2 Å². The van der Waals surface area contributed by atoms with Crippen molar-refractivity contribution in [3.8, 4) is 0 Å². The number of piperazine rings is 1. The van der Waals surface area contributed by atoms with E-state index in [1.54, 1.807) is 18.9 Å². The van der Waals surface area contributed by atoms with E-state index in [1.165, 1.54) is 4.31 Å². The lowest BCUT2D eigenvalue weighted by atomic mass is 10.2. The summed E-state index contributed by atoms with van der Waals surface area (Å²) in [6, 6.07) is 11.4. The van der Waals surface area contributed by atoms with Crippen LogP contribution in [0.15, 0.2) is 53.4 Å². The molecule has 0 N–H and O–H groups in total. The molecule has 0 bridgehead atoms. The maximum atomic E-state index is 13.4. The van der Waals surface area contributed by atoms with E-state index in [9.17, 15) is 22.0 Å². The largest absolute Gasteiger partial charge is 0.314 e. The molecule has 1 heterocycles. The zero-order chi connectivity index (χ0) is 21.2. The first kappa shape index (κ1) is 21.4. The molecule has 29 heavy (non-hydrogen) atoms. The number of hydrogen-bond donors (Lipinski definition) is 0. The molecule has 1 unspecified atom stereocenters. The van der Waals surface area contributed by atoms with Crippen molar-refractivity contribution in [1.82, 2.24) is 9.21 Å². The van der Waals surface area contributed by atoms with Crippen LogP contribution >= 0.6 is 0 Å². The second-order valence-corrected chi connectivity index (χ2v) is 8.86. The van der Waals surface area contributed by atoms with Crippen LogP contribution in [0.3, 0.4) is 0 Å². The Morgan fingerprint density at radius 3 is 2.21 bits per heavy atom. The van der Waals surface area contributed by atoms with Gasteiger partial charge in [-0.1, -0.05) is 18.2 Å². The molecule has 2 aromatic rings. The van der Waals surface area contributed by atoms with Crippen molar-refractivity contribution < 1.29 is 22.0 Å². The second kappa shape index (κ2) is 8.56. The highest BCUT2D eigenvalue weighted by atomic mass is 32.2. The van der Waals surface area contributed by atoms with Gasteiger partial charge >= 0.3 is 0 Å². The number of anilines is 1. The van der Waals surface area contributed by atoms with Crippen LogP contribution in [0.1, 0.15) is 6.92 Å². The summed E-state index contributed by atoms with van der Waals surface area (Å²) in [4.78, 5) is 16.0. The molecule has 6 nitrogen and oxygen atoms in total. The Labute approximate surface area is 169 Å². The first-order valence-electron chi connectivity index (χ1n) is 9.23. The van der Waals surface area contributed by atoms with Crippen LogP contribution in [0.25, 0.3) is 0 Å². The Morgan fingerprint density at radius 1 is 1.00 bits per heavy atom. The lowest BCUT2D eigenvalue weighted by Gasteiger charge is -2.37. The van der Waals surface area contributed by atoms with Gasteiger partial charge in [-0.15, -0.1) is 0 Å². The Balaban J connectivity index is 1.65. The van der Waals surface area contributed by atoms with E-state index in [0.717, 1.165) is 17.8 Å². The molecule has 1 fully saturated rings. The molecule has 1 saturated heterocycles. The lowest BCUT2D eigenvalue weighted by Crippen LogP contribution is -2.55. The molecule has 156 valence electrons. The minimum Gasteiger partial charge on any atom is -0.314 e. The van der Waals surface area contributed by atoms with Crippen LogP contribution in [0, 0.1) is 11.6 Å². The Morgan fingerprint density at radius 2 is 1.62 bits per heavy atom. The molecule has 0 saturated carbocycles. The lowest BCUT2D eigenvalue weighted by molar-refractivity contribution is -0.123. The maximum Gasteiger partial charge on any atom is 0.243 e. The van der Waals surface area contributed by atoms with E-state index < -0.39 is 27.7 Å². The van der Waals surface area contributed by atoms with Gasteiger partial charge in [-0.2, -0.15) is 4.31 Å². The van der Waals surface area contributed by atoms with E-state index in [4.69, 9.17) is 0 Å². The Hall–Kier alpha value is -2.36. The topological polar surface area (TPSA) is 60.9 Å². The normalized spacial score (nSPS) is 17.1. The van der Waals surface area contributed by atoms with Gasteiger partial charge in [-0.05, 0) is 37.3 Å². The number of hydrogen-bond acceptors (Lipinski definition) is 4. The number of amides is 1. The minimum atomic E-state index is -3.93. The van der Waals surface area contributed by atoms with E-state index >= 15 is 0 Å². The second-order valence-electron chi connectivity index (χ2n) is 6.92. The number of sulfonamides is 1. The number of para-hydroxylation sites is 1. The van der Waals surface area contributed by atoms with Crippen molar-refractivity contribution in [3.63, 3.8) is 0 Å². The van der Waals surface area contributed by atoms with Crippen LogP contribution in [0.2, 0.25) is 0 Å². The number of nitrogens with zero attached hydrogens (tertiary/aromatic N) is 3. The molecule has 1 amide bonds. The zero-order valence-corrected chi connectivity index (χ0v) is 17.1. The summed E-state index contributed by atoms with van der Waals surface area (Å²) in [5.74, 6) is -2.38. The van der Waals surface area contributed by atoms with Crippen LogP contribution in [0.4, 0.5) is 14.5 Å². The monoisotopic (exact) mass is 423 g/mol. The third kappa shape index (κ3) is 4.47. The maximum absolute atomic E-state index is 13.4. The molecule has 1 atom stereocenters. The number of rotatable bonds is 5. The van der Waals surface area contributed by atoms with E-state index in [-0.39, 0.29) is 23.9 Å². The molecule has 1 aliphatic rings. The SMILES string of the molecule is CC(C(=O)N(C)c1ccccc1)N1CCN(S(=O)(=O)c2ccc(F)c(F)c2)CC1. The summed E-state index contributed by atoms with van der Waals surface area (Å²) >= 11 is 0. The number of carbonyl (C=O) groups excluding carboxylic acids is 1. The standard InChI is InChI=1S/C20H23F2N3O3S/c1-15(20(26)23(2)16-6-4-3-5-7-16)24-10-12-25(13-11-24)29(27,28)17-8-9-18(21)19(22)14-17/h3-9,14-15H,10-13H2,1-2H3. The zero-order valence-electron chi connectivity index (χ0n) is 16.3. The van der Waals surface area contributed by atoms with Crippen molar-refractivity contribution in [2.75, 3.05) is 38.1 Å². The van der Waals surface area contributed by atoms with Crippen molar-refractivity contribution in [1.29, 1.82) is 0 Å². The highest BCUT2D eigenvalue weighted by molar-refractivity contribution is 7.89.